The normalized spacial score (nSPS) is 17.1. The van der Waals surface area contributed by atoms with Crippen molar-refractivity contribution in [3.8, 4) is 5.75 Å². The van der Waals surface area contributed by atoms with Crippen molar-refractivity contribution in [2.45, 2.75) is 44.1 Å². The lowest BCUT2D eigenvalue weighted by Gasteiger charge is -2.38. The SMILES string of the molecule is C[C@@](N)(CCc1ccc(C(=O)CCCOc2ccccc2)o1)C1(O)OC(=O)C=CC(=O)O1. The molecule has 0 unspecified atom stereocenters. The van der Waals surface area contributed by atoms with Gasteiger partial charge in [-0.25, -0.2) is 9.59 Å². The quantitative estimate of drug-likeness (QED) is 0.322. The lowest BCUT2D eigenvalue weighted by atomic mass is 9.93. The van der Waals surface area contributed by atoms with Gasteiger partial charge >= 0.3 is 17.9 Å². The van der Waals surface area contributed by atoms with Crippen LogP contribution in [0, 0.1) is 0 Å². The summed E-state index contributed by atoms with van der Waals surface area (Å²) in [5, 5.41) is 10.5. The number of hydrogen-bond acceptors (Lipinski definition) is 9. The molecule has 2 aromatic rings. The van der Waals surface area contributed by atoms with Gasteiger partial charge in [0.25, 0.3) is 0 Å². The zero-order valence-electron chi connectivity index (χ0n) is 17.6. The second-order valence-electron chi connectivity index (χ2n) is 7.63. The maximum absolute atomic E-state index is 12.3. The van der Waals surface area contributed by atoms with E-state index in [0.29, 0.717) is 18.8 Å². The molecule has 3 N–H and O–H groups in total. The molecular formula is C23H25NO8. The Morgan fingerprint density at radius 1 is 1.09 bits per heavy atom. The molecule has 0 saturated carbocycles. The van der Waals surface area contributed by atoms with Crippen molar-refractivity contribution in [1.82, 2.24) is 0 Å². The third-order valence-electron chi connectivity index (χ3n) is 4.94. The largest absolute Gasteiger partial charge is 0.494 e. The van der Waals surface area contributed by atoms with Gasteiger partial charge in [-0.15, -0.1) is 0 Å². The van der Waals surface area contributed by atoms with Crippen molar-refractivity contribution in [1.29, 1.82) is 0 Å². The number of esters is 2. The number of nitrogens with two attached hydrogens (primary N) is 1. The molecule has 0 radical (unpaired) electrons. The van der Waals surface area contributed by atoms with E-state index in [2.05, 4.69) is 0 Å². The van der Waals surface area contributed by atoms with Gasteiger partial charge < -0.3 is 29.5 Å². The van der Waals surface area contributed by atoms with E-state index in [1.807, 2.05) is 30.3 Å². The van der Waals surface area contributed by atoms with Crippen LogP contribution in [0.15, 0.2) is 59.0 Å². The summed E-state index contributed by atoms with van der Waals surface area (Å²) in [6.07, 6.45) is 2.69. The Kier molecular flexibility index (Phi) is 7.12. The molecule has 9 heteroatoms. The number of Topliss-reactive ketones (excluding diaryl/α,β-unsaturated/α-hetero) is 1. The third-order valence-corrected chi connectivity index (χ3v) is 4.94. The number of furan rings is 1. The molecule has 0 saturated heterocycles. The first-order valence-corrected chi connectivity index (χ1v) is 10.1. The van der Waals surface area contributed by atoms with Crippen LogP contribution < -0.4 is 10.5 Å². The molecule has 1 aliphatic rings. The minimum Gasteiger partial charge on any atom is -0.494 e. The lowest BCUT2D eigenvalue weighted by Crippen LogP contribution is -2.62. The number of carbonyl (C=O) groups excluding carboxylic acids is 3. The van der Waals surface area contributed by atoms with E-state index in [1.165, 1.54) is 6.92 Å². The highest BCUT2D eigenvalue weighted by molar-refractivity contribution is 5.93. The minimum atomic E-state index is -2.64. The number of benzene rings is 1. The summed E-state index contributed by atoms with van der Waals surface area (Å²) in [5.74, 6) is -3.34. The number of cyclic esters (lactones) is 2. The molecule has 1 aromatic heterocycles. The Balaban J connectivity index is 1.50. The van der Waals surface area contributed by atoms with Gasteiger partial charge in [0.1, 0.15) is 17.0 Å². The summed E-state index contributed by atoms with van der Waals surface area (Å²) >= 11 is 0. The fraction of sp³-hybridized carbons (Fsp3) is 0.348. The van der Waals surface area contributed by atoms with E-state index in [-0.39, 0.29) is 30.8 Å². The van der Waals surface area contributed by atoms with Gasteiger partial charge in [0.15, 0.2) is 11.5 Å². The van der Waals surface area contributed by atoms with Crippen molar-refractivity contribution in [2.75, 3.05) is 6.61 Å². The standard InChI is InChI=1S/C23H25NO8/c1-22(24,23(28)31-20(26)11-12-21(27)32-23)14-13-17-9-10-19(30-17)18(25)8-5-15-29-16-6-3-2-4-7-16/h2-4,6-7,9-12,28H,5,8,13-15,24H2,1H3/t22-/m1/s1. The summed E-state index contributed by atoms with van der Waals surface area (Å²) in [6, 6.07) is 12.5. The van der Waals surface area contributed by atoms with Crippen molar-refractivity contribution >= 4 is 17.7 Å². The molecule has 0 amide bonds. The lowest BCUT2D eigenvalue weighted by molar-refractivity contribution is -0.349. The molecule has 3 rings (SSSR count). The topological polar surface area (TPSA) is 138 Å². The van der Waals surface area contributed by atoms with Gasteiger partial charge in [-0.3, -0.25) is 4.79 Å². The Hall–Kier alpha value is -3.43. The maximum Gasteiger partial charge on any atom is 0.392 e. The molecule has 170 valence electrons. The van der Waals surface area contributed by atoms with Crippen LogP contribution in [-0.4, -0.2) is 40.9 Å². The van der Waals surface area contributed by atoms with E-state index in [1.54, 1.807) is 12.1 Å². The number of aliphatic hydroxyl groups is 1. The first-order chi connectivity index (χ1) is 15.2. The fourth-order valence-electron chi connectivity index (χ4n) is 3.00. The fourth-order valence-corrected chi connectivity index (χ4v) is 3.00. The highest BCUT2D eigenvalue weighted by atomic mass is 16.8. The number of carbonyl (C=O) groups is 3. The molecule has 0 spiro atoms. The minimum absolute atomic E-state index is 0.0239. The van der Waals surface area contributed by atoms with Crippen LogP contribution in [0.4, 0.5) is 0 Å². The van der Waals surface area contributed by atoms with Crippen LogP contribution in [-0.2, 0) is 25.5 Å². The molecule has 1 aliphatic heterocycles. The Labute approximate surface area is 184 Å². The summed E-state index contributed by atoms with van der Waals surface area (Å²) in [6.45, 7) is 1.78. The van der Waals surface area contributed by atoms with E-state index in [0.717, 1.165) is 17.9 Å². The molecule has 0 bridgehead atoms. The smallest absolute Gasteiger partial charge is 0.392 e. The molecule has 1 aromatic carbocycles. The Bertz CT molecular complexity index is 972. The summed E-state index contributed by atoms with van der Waals surface area (Å²) in [7, 11) is 0. The van der Waals surface area contributed by atoms with Crippen LogP contribution in [0.3, 0.4) is 0 Å². The van der Waals surface area contributed by atoms with E-state index in [4.69, 9.17) is 24.4 Å². The molecule has 2 heterocycles. The van der Waals surface area contributed by atoms with E-state index >= 15 is 0 Å². The van der Waals surface area contributed by atoms with Gasteiger partial charge in [0.05, 0.1) is 6.61 Å². The van der Waals surface area contributed by atoms with Crippen molar-refractivity contribution in [3.63, 3.8) is 0 Å². The zero-order chi connectivity index (χ0) is 23.2. The molecule has 0 fully saturated rings. The second kappa shape index (κ2) is 9.80. The van der Waals surface area contributed by atoms with Gasteiger partial charge in [-0.2, -0.15) is 0 Å². The molecule has 0 aliphatic carbocycles. The second-order valence-corrected chi connectivity index (χ2v) is 7.63. The molecular weight excluding hydrogens is 418 g/mol. The van der Waals surface area contributed by atoms with Crippen molar-refractivity contribution in [3.05, 3.63) is 66.1 Å². The van der Waals surface area contributed by atoms with Crippen LogP contribution in [0.1, 0.15) is 42.5 Å². The number of rotatable bonds is 10. The van der Waals surface area contributed by atoms with Crippen molar-refractivity contribution < 1.29 is 38.1 Å². The predicted molar refractivity (Wildman–Crippen MR) is 111 cm³/mol. The highest BCUT2D eigenvalue weighted by Crippen LogP contribution is 2.30. The summed E-state index contributed by atoms with van der Waals surface area (Å²) in [5.41, 5.74) is 4.47. The van der Waals surface area contributed by atoms with Gasteiger partial charge in [0.2, 0.25) is 0 Å². The average Bonchev–Trinajstić information content (AvgIpc) is 3.18. The highest BCUT2D eigenvalue weighted by Gasteiger charge is 2.52. The van der Waals surface area contributed by atoms with Crippen LogP contribution in [0.25, 0.3) is 0 Å². The Morgan fingerprint density at radius 3 is 2.41 bits per heavy atom. The van der Waals surface area contributed by atoms with Gasteiger partial charge in [-0.1, -0.05) is 18.2 Å². The number of ketones is 1. The first-order valence-electron chi connectivity index (χ1n) is 10.1. The third kappa shape index (κ3) is 5.83. The van der Waals surface area contributed by atoms with Gasteiger partial charge in [-0.05, 0) is 44.0 Å². The number of aryl methyl sites for hydroxylation is 1. The molecule has 9 nitrogen and oxygen atoms in total. The number of para-hydroxylation sites is 1. The maximum atomic E-state index is 12.3. The monoisotopic (exact) mass is 443 g/mol. The van der Waals surface area contributed by atoms with Crippen molar-refractivity contribution in [2.24, 2.45) is 5.73 Å². The summed E-state index contributed by atoms with van der Waals surface area (Å²) in [4.78, 5) is 35.6. The van der Waals surface area contributed by atoms with E-state index < -0.39 is 23.5 Å². The Morgan fingerprint density at radius 2 is 1.75 bits per heavy atom. The number of hydrogen-bond donors (Lipinski definition) is 2. The van der Waals surface area contributed by atoms with Crippen LogP contribution in [0.2, 0.25) is 0 Å². The van der Waals surface area contributed by atoms with Gasteiger partial charge in [0, 0.05) is 25.0 Å². The molecule has 32 heavy (non-hydrogen) atoms. The molecule has 1 atom stereocenters. The van der Waals surface area contributed by atoms with E-state index in [9.17, 15) is 19.5 Å². The number of ether oxygens (including phenoxy) is 3. The van der Waals surface area contributed by atoms with Crippen LogP contribution >= 0.6 is 0 Å². The zero-order valence-corrected chi connectivity index (χ0v) is 17.6. The predicted octanol–water partition coefficient (Wildman–Crippen LogP) is 2.27. The summed E-state index contributed by atoms with van der Waals surface area (Å²) < 4.78 is 20.8. The van der Waals surface area contributed by atoms with Crippen LogP contribution in [0.5, 0.6) is 5.75 Å². The average molecular weight is 443 g/mol. The first kappa shape index (κ1) is 23.2.